The molecule has 0 aliphatic heterocycles. The molecule has 3 aromatic carbocycles. The van der Waals surface area contributed by atoms with Gasteiger partial charge < -0.3 is 15.4 Å². The first-order chi connectivity index (χ1) is 13.9. The van der Waals surface area contributed by atoms with E-state index in [9.17, 15) is 4.79 Å². The van der Waals surface area contributed by atoms with Gasteiger partial charge in [0.25, 0.3) is 5.91 Å². The van der Waals surface area contributed by atoms with Crippen LogP contribution < -0.4 is 15.4 Å². The Bertz CT molecular complexity index is 1020. The zero-order valence-corrected chi connectivity index (χ0v) is 17.6. The maximum Gasteiger partial charge on any atom is 0.262 e. The minimum absolute atomic E-state index is 0.103. The summed E-state index contributed by atoms with van der Waals surface area (Å²) in [5.74, 6) is 0.258. The molecule has 0 bridgehead atoms. The fraction of sp³-hybridized carbons (Fsp3) is 0.208. The molecule has 0 saturated heterocycles. The van der Waals surface area contributed by atoms with E-state index in [-0.39, 0.29) is 12.5 Å². The van der Waals surface area contributed by atoms with Gasteiger partial charge >= 0.3 is 0 Å². The van der Waals surface area contributed by atoms with Crippen molar-refractivity contribution >= 4 is 28.9 Å². The number of aryl methyl sites for hydroxylation is 3. The second kappa shape index (κ2) is 9.48. The van der Waals surface area contributed by atoms with Crippen LogP contribution in [0.2, 0.25) is 5.02 Å². The van der Waals surface area contributed by atoms with Gasteiger partial charge in [0, 0.05) is 17.9 Å². The summed E-state index contributed by atoms with van der Waals surface area (Å²) < 4.78 is 5.59. The molecule has 0 fully saturated rings. The number of hydrogen-bond donors (Lipinski definition) is 2. The van der Waals surface area contributed by atoms with Crippen molar-refractivity contribution in [2.75, 3.05) is 17.2 Å². The van der Waals surface area contributed by atoms with E-state index < -0.39 is 0 Å². The maximum atomic E-state index is 12.1. The second-order valence-electron chi connectivity index (χ2n) is 7.14. The summed E-state index contributed by atoms with van der Waals surface area (Å²) in [6.45, 7) is 6.67. The van der Waals surface area contributed by atoms with Crippen LogP contribution in [0.4, 0.5) is 11.4 Å². The van der Waals surface area contributed by atoms with Gasteiger partial charge in [-0.25, -0.2) is 0 Å². The SMILES string of the molecule is Cc1cccc(NC(=O)COc2ccc(CNc3cc(C)ccc3C)cc2Cl)c1. The van der Waals surface area contributed by atoms with Crippen molar-refractivity contribution in [2.45, 2.75) is 27.3 Å². The van der Waals surface area contributed by atoms with E-state index in [0.717, 1.165) is 22.5 Å². The predicted molar refractivity (Wildman–Crippen MR) is 120 cm³/mol. The van der Waals surface area contributed by atoms with Crippen LogP contribution in [0, 0.1) is 20.8 Å². The van der Waals surface area contributed by atoms with Crippen LogP contribution in [0.3, 0.4) is 0 Å². The molecule has 0 atom stereocenters. The van der Waals surface area contributed by atoms with Crippen molar-refractivity contribution < 1.29 is 9.53 Å². The molecule has 4 nitrogen and oxygen atoms in total. The smallest absolute Gasteiger partial charge is 0.262 e. The van der Waals surface area contributed by atoms with Gasteiger partial charge in [0.15, 0.2) is 6.61 Å². The molecular weight excluding hydrogens is 384 g/mol. The lowest BCUT2D eigenvalue weighted by molar-refractivity contribution is -0.118. The molecule has 0 saturated carbocycles. The summed E-state index contributed by atoms with van der Waals surface area (Å²) >= 11 is 6.35. The second-order valence-corrected chi connectivity index (χ2v) is 7.55. The number of rotatable bonds is 7. The number of benzene rings is 3. The van der Waals surface area contributed by atoms with Crippen LogP contribution >= 0.6 is 11.6 Å². The Balaban J connectivity index is 1.55. The number of carbonyl (C=O) groups is 1. The van der Waals surface area contributed by atoms with Crippen molar-refractivity contribution in [2.24, 2.45) is 0 Å². The lowest BCUT2D eigenvalue weighted by Gasteiger charge is -2.13. The molecule has 3 rings (SSSR count). The molecule has 1 amide bonds. The third-order valence-electron chi connectivity index (χ3n) is 4.53. The average molecular weight is 409 g/mol. The molecule has 0 unspecified atom stereocenters. The molecule has 0 aliphatic rings. The Morgan fingerprint density at radius 2 is 1.76 bits per heavy atom. The topological polar surface area (TPSA) is 50.4 Å². The summed E-state index contributed by atoms with van der Waals surface area (Å²) in [7, 11) is 0. The lowest BCUT2D eigenvalue weighted by Crippen LogP contribution is -2.20. The van der Waals surface area contributed by atoms with Crippen LogP contribution in [0.15, 0.2) is 60.7 Å². The molecule has 0 spiro atoms. The summed E-state index contributed by atoms with van der Waals surface area (Å²) in [4.78, 5) is 12.1. The number of ether oxygens (including phenoxy) is 1. The minimum Gasteiger partial charge on any atom is -0.482 e. The number of anilines is 2. The number of halogens is 1. The first-order valence-corrected chi connectivity index (χ1v) is 9.87. The lowest BCUT2D eigenvalue weighted by atomic mass is 10.1. The van der Waals surface area contributed by atoms with Crippen molar-refractivity contribution in [1.29, 1.82) is 0 Å². The Morgan fingerprint density at radius 1 is 0.966 bits per heavy atom. The van der Waals surface area contributed by atoms with Gasteiger partial charge in [-0.2, -0.15) is 0 Å². The molecule has 0 heterocycles. The standard InChI is InChI=1S/C24H25ClN2O2/c1-16-5-4-6-20(11-16)27-24(28)15-29-23-10-9-19(13-21(23)25)14-26-22-12-17(2)7-8-18(22)3/h4-13,26H,14-15H2,1-3H3,(H,27,28). The third-order valence-corrected chi connectivity index (χ3v) is 4.83. The summed E-state index contributed by atoms with van der Waals surface area (Å²) in [6.07, 6.45) is 0. The summed E-state index contributed by atoms with van der Waals surface area (Å²) in [6, 6.07) is 19.5. The quantitative estimate of drug-likeness (QED) is 0.512. The highest BCUT2D eigenvalue weighted by Crippen LogP contribution is 2.26. The van der Waals surface area contributed by atoms with Crippen LogP contribution in [0.5, 0.6) is 5.75 Å². The number of nitrogens with one attached hydrogen (secondary N) is 2. The van der Waals surface area contributed by atoms with Gasteiger partial charge in [-0.1, -0.05) is 41.9 Å². The highest BCUT2D eigenvalue weighted by molar-refractivity contribution is 6.32. The normalized spacial score (nSPS) is 10.5. The number of hydrogen-bond acceptors (Lipinski definition) is 3. The third kappa shape index (κ3) is 6.00. The molecular formula is C24H25ClN2O2. The Labute approximate surface area is 176 Å². The summed E-state index contributed by atoms with van der Waals surface area (Å²) in [5, 5.41) is 6.73. The Kier molecular flexibility index (Phi) is 6.78. The largest absolute Gasteiger partial charge is 0.482 e. The van der Waals surface area contributed by atoms with Gasteiger partial charge in [-0.3, -0.25) is 4.79 Å². The minimum atomic E-state index is -0.229. The molecule has 3 aromatic rings. The van der Waals surface area contributed by atoms with Crippen LogP contribution in [0.1, 0.15) is 22.3 Å². The molecule has 0 aromatic heterocycles. The van der Waals surface area contributed by atoms with Crippen molar-refractivity contribution in [1.82, 2.24) is 0 Å². The Morgan fingerprint density at radius 3 is 2.52 bits per heavy atom. The molecule has 0 radical (unpaired) electrons. The Hall–Kier alpha value is -2.98. The van der Waals surface area contributed by atoms with E-state index in [2.05, 4.69) is 42.7 Å². The highest BCUT2D eigenvalue weighted by Gasteiger charge is 2.08. The predicted octanol–water partition coefficient (Wildman–Crippen LogP) is 5.89. The van der Waals surface area contributed by atoms with Crippen LogP contribution in [-0.2, 0) is 11.3 Å². The molecule has 2 N–H and O–H groups in total. The van der Waals surface area contributed by atoms with Gasteiger partial charge in [0.2, 0.25) is 0 Å². The van der Waals surface area contributed by atoms with Gasteiger partial charge in [0.1, 0.15) is 5.75 Å². The van der Waals surface area contributed by atoms with Crippen molar-refractivity contribution in [3.05, 3.63) is 87.9 Å². The number of carbonyl (C=O) groups excluding carboxylic acids is 1. The maximum absolute atomic E-state index is 12.1. The van der Waals surface area contributed by atoms with Gasteiger partial charge in [0.05, 0.1) is 5.02 Å². The zero-order valence-electron chi connectivity index (χ0n) is 16.9. The summed E-state index contributed by atoms with van der Waals surface area (Å²) in [5.41, 5.74) is 6.38. The van der Waals surface area contributed by atoms with Crippen molar-refractivity contribution in [3.8, 4) is 5.75 Å². The van der Waals surface area contributed by atoms with Crippen LogP contribution in [-0.4, -0.2) is 12.5 Å². The van der Waals surface area contributed by atoms with Crippen molar-refractivity contribution in [3.63, 3.8) is 0 Å². The first kappa shape index (κ1) is 20.7. The number of amides is 1. The molecule has 29 heavy (non-hydrogen) atoms. The highest BCUT2D eigenvalue weighted by atomic mass is 35.5. The van der Waals surface area contributed by atoms with E-state index in [1.165, 1.54) is 11.1 Å². The molecule has 5 heteroatoms. The van der Waals surface area contributed by atoms with Gasteiger partial charge in [-0.15, -0.1) is 0 Å². The fourth-order valence-corrected chi connectivity index (χ4v) is 3.22. The van der Waals surface area contributed by atoms with E-state index in [1.807, 2.05) is 43.3 Å². The van der Waals surface area contributed by atoms with E-state index in [1.54, 1.807) is 6.07 Å². The van der Waals surface area contributed by atoms with Gasteiger partial charge in [-0.05, 0) is 73.4 Å². The first-order valence-electron chi connectivity index (χ1n) is 9.49. The van der Waals surface area contributed by atoms with E-state index >= 15 is 0 Å². The van der Waals surface area contributed by atoms with E-state index in [0.29, 0.717) is 17.3 Å². The van der Waals surface area contributed by atoms with E-state index in [4.69, 9.17) is 16.3 Å². The zero-order chi connectivity index (χ0) is 20.8. The average Bonchev–Trinajstić information content (AvgIpc) is 2.68. The molecule has 150 valence electrons. The molecule has 0 aliphatic carbocycles. The fourth-order valence-electron chi connectivity index (χ4n) is 2.96. The monoisotopic (exact) mass is 408 g/mol. The van der Waals surface area contributed by atoms with Crippen LogP contribution in [0.25, 0.3) is 0 Å².